The summed E-state index contributed by atoms with van der Waals surface area (Å²) in [5.41, 5.74) is 4.97. The van der Waals surface area contributed by atoms with Gasteiger partial charge in [0.25, 0.3) is 5.91 Å². The lowest BCUT2D eigenvalue weighted by Gasteiger charge is -2.23. The summed E-state index contributed by atoms with van der Waals surface area (Å²) in [4.78, 5) is 36.0. The number of fused-ring (bicyclic) bond motifs is 2. The Bertz CT molecular complexity index is 715. The van der Waals surface area contributed by atoms with Gasteiger partial charge >= 0.3 is 5.97 Å². The predicted octanol–water partition coefficient (Wildman–Crippen LogP) is 0.979. The number of amides is 2. The number of rotatable bonds is 4. The molecule has 3 rings (SSSR count). The lowest BCUT2D eigenvalue weighted by atomic mass is 9.82. The number of carboxylic acid groups (broad SMARTS) is 1. The first-order valence-electron chi connectivity index (χ1n) is 7.67. The molecule has 1 fully saturated rings. The number of para-hydroxylation sites is 1. The molecule has 3 N–H and O–H groups in total. The van der Waals surface area contributed by atoms with E-state index in [2.05, 4.69) is 10.9 Å². The number of carboxylic acids is 1. The monoisotopic (exact) mass is 330 g/mol. The lowest BCUT2D eigenvalue weighted by molar-refractivity contribution is -0.148. The van der Waals surface area contributed by atoms with Crippen molar-refractivity contribution in [2.24, 2.45) is 23.7 Å². The molecule has 0 saturated heterocycles. The second-order valence-electron chi connectivity index (χ2n) is 5.98. The van der Waals surface area contributed by atoms with Crippen LogP contribution in [-0.4, -0.2) is 30.0 Å². The topological polar surface area (TPSA) is 105 Å². The highest BCUT2D eigenvalue weighted by Crippen LogP contribution is 2.48. The van der Waals surface area contributed by atoms with E-state index in [1.54, 1.807) is 24.3 Å². The Hall–Kier alpha value is -2.83. The van der Waals surface area contributed by atoms with Gasteiger partial charge in [-0.05, 0) is 30.4 Å². The summed E-state index contributed by atoms with van der Waals surface area (Å²) < 4.78 is 5.10. The van der Waals surface area contributed by atoms with Gasteiger partial charge in [0.15, 0.2) is 0 Å². The number of carbonyl (C=O) groups excluding carboxylic acids is 2. The number of aliphatic carboxylic acids is 1. The van der Waals surface area contributed by atoms with Crippen LogP contribution in [0.4, 0.5) is 0 Å². The van der Waals surface area contributed by atoms with Crippen molar-refractivity contribution in [2.75, 3.05) is 7.11 Å². The summed E-state index contributed by atoms with van der Waals surface area (Å²) in [6.45, 7) is 0. The summed E-state index contributed by atoms with van der Waals surface area (Å²) in [6.07, 6.45) is 4.41. The number of nitrogens with one attached hydrogen (secondary N) is 2. The second-order valence-corrected chi connectivity index (χ2v) is 5.98. The van der Waals surface area contributed by atoms with Crippen molar-refractivity contribution in [1.29, 1.82) is 0 Å². The summed E-state index contributed by atoms with van der Waals surface area (Å²) in [5.74, 6) is -3.24. The molecule has 2 aliphatic rings. The third kappa shape index (κ3) is 2.73. The van der Waals surface area contributed by atoms with Gasteiger partial charge in [-0.1, -0.05) is 24.3 Å². The molecule has 0 radical (unpaired) electrons. The molecule has 0 aromatic heterocycles. The van der Waals surface area contributed by atoms with Gasteiger partial charge in [0.1, 0.15) is 5.75 Å². The fraction of sp³-hybridized carbons (Fsp3) is 0.353. The van der Waals surface area contributed by atoms with Gasteiger partial charge in [-0.3, -0.25) is 25.2 Å². The molecular formula is C17H18N2O5. The van der Waals surface area contributed by atoms with Crippen LogP contribution < -0.4 is 15.6 Å². The summed E-state index contributed by atoms with van der Waals surface area (Å²) >= 11 is 0. The van der Waals surface area contributed by atoms with Crippen LogP contribution in [0.3, 0.4) is 0 Å². The molecule has 1 aromatic rings. The third-order valence-corrected chi connectivity index (χ3v) is 4.70. The van der Waals surface area contributed by atoms with E-state index in [-0.39, 0.29) is 17.4 Å². The van der Waals surface area contributed by atoms with Crippen LogP contribution in [0, 0.1) is 23.7 Å². The molecule has 1 saturated carbocycles. The highest BCUT2D eigenvalue weighted by molar-refractivity contribution is 5.98. The number of benzene rings is 1. The number of hydrogen-bond acceptors (Lipinski definition) is 4. The first kappa shape index (κ1) is 16.0. The van der Waals surface area contributed by atoms with Crippen LogP contribution in [-0.2, 0) is 9.59 Å². The van der Waals surface area contributed by atoms with Crippen molar-refractivity contribution in [2.45, 2.75) is 6.42 Å². The molecule has 2 amide bonds. The molecule has 24 heavy (non-hydrogen) atoms. The first-order valence-corrected chi connectivity index (χ1v) is 7.67. The number of hydrogen-bond donors (Lipinski definition) is 3. The molecule has 0 heterocycles. The maximum atomic E-state index is 12.4. The van der Waals surface area contributed by atoms with Crippen LogP contribution in [0.1, 0.15) is 16.8 Å². The fourth-order valence-electron chi connectivity index (χ4n) is 3.62. The van der Waals surface area contributed by atoms with E-state index in [0.717, 1.165) is 0 Å². The van der Waals surface area contributed by atoms with Crippen LogP contribution in [0.5, 0.6) is 5.75 Å². The zero-order valence-electron chi connectivity index (χ0n) is 13.1. The van der Waals surface area contributed by atoms with Crippen molar-refractivity contribution in [1.82, 2.24) is 10.9 Å². The highest BCUT2D eigenvalue weighted by Gasteiger charge is 2.51. The van der Waals surface area contributed by atoms with E-state index in [4.69, 9.17) is 4.74 Å². The minimum Gasteiger partial charge on any atom is -0.496 e. The number of carbonyl (C=O) groups is 3. The van der Waals surface area contributed by atoms with Gasteiger partial charge < -0.3 is 9.84 Å². The van der Waals surface area contributed by atoms with E-state index >= 15 is 0 Å². The zero-order chi connectivity index (χ0) is 17.3. The molecule has 7 nitrogen and oxygen atoms in total. The SMILES string of the molecule is COc1ccccc1C(=O)NNC(=O)[C@H]1[C@@H](C(=O)O)[C@@H]2C=C[C@H]1C2. The van der Waals surface area contributed by atoms with Crippen molar-refractivity contribution in [3.63, 3.8) is 0 Å². The van der Waals surface area contributed by atoms with Crippen molar-refractivity contribution < 1.29 is 24.2 Å². The van der Waals surface area contributed by atoms with E-state index in [0.29, 0.717) is 12.2 Å². The van der Waals surface area contributed by atoms with Gasteiger partial charge in [0.05, 0.1) is 24.5 Å². The van der Waals surface area contributed by atoms with E-state index in [1.165, 1.54) is 7.11 Å². The molecule has 7 heteroatoms. The summed E-state index contributed by atoms with van der Waals surface area (Å²) in [5, 5.41) is 9.36. The lowest BCUT2D eigenvalue weighted by Crippen LogP contribution is -2.48. The molecule has 2 aliphatic carbocycles. The Morgan fingerprint density at radius 2 is 1.75 bits per heavy atom. The average Bonchev–Trinajstić information content (AvgIpc) is 3.20. The quantitative estimate of drug-likeness (QED) is 0.564. The standard InChI is InChI=1S/C17H18N2O5/c1-24-12-5-3-2-4-11(12)15(20)18-19-16(21)13-9-6-7-10(8-9)14(13)17(22)23/h2-7,9-10,13-14H,8H2,1H3,(H,18,20)(H,19,21)(H,22,23)/t9-,10+,13+,14-/m0/s1. The van der Waals surface area contributed by atoms with Crippen LogP contribution in [0.2, 0.25) is 0 Å². The van der Waals surface area contributed by atoms with E-state index in [1.807, 2.05) is 12.2 Å². The molecule has 126 valence electrons. The van der Waals surface area contributed by atoms with E-state index in [9.17, 15) is 19.5 Å². The van der Waals surface area contributed by atoms with Crippen molar-refractivity contribution in [3.05, 3.63) is 42.0 Å². The Labute approximate surface area is 138 Å². The molecule has 0 spiro atoms. The zero-order valence-corrected chi connectivity index (χ0v) is 13.1. The molecule has 1 aromatic carbocycles. The van der Waals surface area contributed by atoms with Gasteiger partial charge in [0.2, 0.25) is 5.91 Å². The number of ether oxygens (including phenoxy) is 1. The predicted molar refractivity (Wildman–Crippen MR) is 84.0 cm³/mol. The number of methoxy groups -OCH3 is 1. The van der Waals surface area contributed by atoms with Gasteiger partial charge in [-0.25, -0.2) is 0 Å². The maximum absolute atomic E-state index is 12.4. The first-order chi connectivity index (χ1) is 11.5. The van der Waals surface area contributed by atoms with Gasteiger partial charge in [-0.2, -0.15) is 0 Å². The van der Waals surface area contributed by atoms with E-state index < -0.39 is 29.6 Å². The average molecular weight is 330 g/mol. The Morgan fingerprint density at radius 1 is 1.08 bits per heavy atom. The minimum atomic E-state index is -0.983. The maximum Gasteiger partial charge on any atom is 0.307 e. The highest BCUT2D eigenvalue weighted by atomic mass is 16.5. The molecule has 0 aliphatic heterocycles. The van der Waals surface area contributed by atoms with Gasteiger partial charge in [-0.15, -0.1) is 0 Å². The van der Waals surface area contributed by atoms with Crippen LogP contribution >= 0.6 is 0 Å². The Kier molecular flexibility index (Phi) is 4.24. The third-order valence-electron chi connectivity index (χ3n) is 4.70. The van der Waals surface area contributed by atoms with Crippen LogP contribution in [0.25, 0.3) is 0 Å². The molecular weight excluding hydrogens is 312 g/mol. The van der Waals surface area contributed by atoms with Crippen molar-refractivity contribution in [3.8, 4) is 5.75 Å². The Balaban J connectivity index is 1.66. The smallest absolute Gasteiger partial charge is 0.307 e. The summed E-state index contributed by atoms with van der Waals surface area (Å²) in [6, 6.07) is 6.62. The normalized spacial score (nSPS) is 26.9. The molecule has 2 bridgehead atoms. The second kappa shape index (κ2) is 6.35. The largest absolute Gasteiger partial charge is 0.496 e. The fourth-order valence-corrected chi connectivity index (χ4v) is 3.62. The Morgan fingerprint density at radius 3 is 2.42 bits per heavy atom. The van der Waals surface area contributed by atoms with Gasteiger partial charge in [0, 0.05) is 0 Å². The number of hydrazine groups is 1. The van der Waals surface area contributed by atoms with Crippen LogP contribution in [0.15, 0.2) is 36.4 Å². The minimum absolute atomic E-state index is 0.0979. The summed E-state index contributed by atoms with van der Waals surface area (Å²) in [7, 11) is 1.45. The number of allylic oxidation sites excluding steroid dienone is 2. The van der Waals surface area contributed by atoms with Crippen molar-refractivity contribution >= 4 is 17.8 Å². The molecule has 4 atom stereocenters. The molecule has 0 unspecified atom stereocenters.